The second-order valence-electron chi connectivity index (χ2n) is 5.15. The average molecular weight is 388 g/mol. The summed E-state index contributed by atoms with van der Waals surface area (Å²) < 4.78 is 69.9. The lowest BCUT2D eigenvalue weighted by Gasteiger charge is -2.22. The first kappa shape index (κ1) is 20.7. The lowest BCUT2D eigenvalue weighted by Crippen LogP contribution is -2.45. The monoisotopic (exact) mass is 387 g/mol. The predicted octanol–water partition coefficient (Wildman–Crippen LogP) is 3.22. The number of carbonyl (C=O) groups is 1. The summed E-state index contributed by atoms with van der Waals surface area (Å²) in [6, 6.07) is 0.991. The number of alkyl halides is 3. The molecule has 1 aromatic carbocycles. The van der Waals surface area contributed by atoms with Gasteiger partial charge in [0.05, 0.1) is 22.6 Å². The third kappa shape index (κ3) is 4.84. The summed E-state index contributed by atoms with van der Waals surface area (Å²) in [4.78, 5) is 11.1. The minimum Gasteiger partial charge on any atom is -0.468 e. The van der Waals surface area contributed by atoms with Gasteiger partial charge in [0.1, 0.15) is 6.04 Å². The van der Waals surface area contributed by atoms with E-state index in [4.69, 9.17) is 11.6 Å². The molecule has 0 saturated heterocycles. The highest BCUT2D eigenvalue weighted by Gasteiger charge is 2.36. The average Bonchev–Trinajstić information content (AvgIpc) is 2.50. The van der Waals surface area contributed by atoms with Crippen molar-refractivity contribution in [3.05, 3.63) is 28.8 Å². The summed E-state index contributed by atoms with van der Waals surface area (Å²) in [5, 5.41) is -0.618. The van der Waals surface area contributed by atoms with Gasteiger partial charge in [-0.2, -0.15) is 17.9 Å². The smallest absolute Gasteiger partial charge is 0.417 e. The Morgan fingerprint density at radius 1 is 1.38 bits per heavy atom. The van der Waals surface area contributed by atoms with E-state index in [1.54, 1.807) is 13.8 Å². The lowest BCUT2D eigenvalue weighted by atomic mass is 10.0. The highest BCUT2D eigenvalue weighted by molar-refractivity contribution is 7.89. The van der Waals surface area contributed by atoms with Gasteiger partial charge in [0, 0.05) is 0 Å². The van der Waals surface area contributed by atoms with Crippen LogP contribution in [0.15, 0.2) is 23.1 Å². The highest BCUT2D eigenvalue weighted by atomic mass is 35.5. The minimum absolute atomic E-state index is 0.415. The largest absolute Gasteiger partial charge is 0.468 e. The molecule has 0 aliphatic carbocycles. The normalized spacial score (nSPS) is 15.0. The van der Waals surface area contributed by atoms with Crippen molar-refractivity contribution in [2.24, 2.45) is 5.92 Å². The van der Waals surface area contributed by atoms with E-state index in [1.165, 1.54) is 0 Å². The first-order chi connectivity index (χ1) is 10.9. The van der Waals surface area contributed by atoms with Crippen molar-refractivity contribution in [3.63, 3.8) is 0 Å². The quantitative estimate of drug-likeness (QED) is 0.761. The molecule has 0 fully saturated rings. The van der Waals surface area contributed by atoms with Gasteiger partial charge in [0.2, 0.25) is 10.0 Å². The Hall–Kier alpha value is -1.32. The molecule has 0 aliphatic heterocycles. The molecule has 0 saturated carbocycles. The summed E-state index contributed by atoms with van der Waals surface area (Å²) in [5.41, 5.74) is -1.27. The van der Waals surface area contributed by atoms with Crippen molar-refractivity contribution in [2.45, 2.75) is 37.4 Å². The molecule has 0 aromatic heterocycles. The summed E-state index contributed by atoms with van der Waals surface area (Å²) in [5.74, 6) is -1.24. The number of carbonyl (C=O) groups excluding carboxylic acids is 1. The van der Waals surface area contributed by atoms with Gasteiger partial charge in [0.15, 0.2) is 0 Å². The number of ether oxygens (including phenoxy) is 1. The number of sulfonamides is 1. The zero-order valence-corrected chi connectivity index (χ0v) is 14.7. The molecule has 1 N–H and O–H groups in total. The summed E-state index contributed by atoms with van der Waals surface area (Å²) in [6.07, 6.45) is -4.35. The molecule has 10 heteroatoms. The van der Waals surface area contributed by atoms with Gasteiger partial charge in [-0.1, -0.05) is 31.9 Å². The Labute approximate surface area is 143 Å². The Morgan fingerprint density at radius 3 is 2.42 bits per heavy atom. The second kappa shape index (κ2) is 7.71. The summed E-state index contributed by atoms with van der Waals surface area (Å²) in [6.45, 7) is 3.35. The van der Waals surface area contributed by atoms with Gasteiger partial charge in [-0.05, 0) is 24.1 Å². The molecule has 136 valence electrons. The fourth-order valence-corrected chi connectivity index (χ4v) is 3.43. The van der Waals surface area contributed by atoms with Crippen molar-refractivity contribution in [2.75, 3.05) is 7.11 Å². The van der Waals surface area contributed by atoms with Gasteiger partial charge < -0.3 is 4.74 Å². The van der Waals surface area contributed by atoms with E-state index < -0.39 is 49.6 Å². The van der Waals surface area contributed by atoms with E-state index >= 15 is 0 Å². The van der Waals surface area contributed by atoms with Gasteiger partial charge in [-0.25, -0.2) is 8.42 Å². The third-order valence-corrected chi connectivity index (χ3v) is 5.27. The molecule has 24 heavy (non-hydrogen) atoms. The van der Waals surface area contributed by atoms with Crippen LogP contribution in [-0.4, -0.2) is 27.5 Å². The Balaban J connectivity index is 3.27. The first-order valence-electron chi connectivity index (χ1n) is 6.91. The summed E-state index contributed by atoms with van der Waals surface area (Å²) in [7, 11) is -3.29. The Morgan fingerprint density at radius 2 is 1.96 bits per heavy atom. The zero-order chi connectivity index (χ0) is 18.7. The lowest BCUT2D eigenvalue weighted by molar-refractivity contribution is -0.144. The topological polar surface area (TPSA) is 72.5 Å². The maximum absolute atomic E-state index is 12.9. The molecule has 0 radical (unpaired) electrons. The van der Waals surface area contributed by atoms with E-state index in [0.29, 0.717) is 12.5 Å². The fraction of sp³-hybridized carbons (Fsp3) is 0.500. The number of hydrogen-bond acceptors (Lipinski definition) is 4. The van der Waals surface area contributed by atoms with Crippen LogP contribution in [-0.2, 0) is 25.7 Å². The van der Waals surface area contributed by atoms with Crippen LogP contribution in [0.3, 0.4) is 0 Å². The van der Waals surface area contributed by atoms with Crippen LogP contribution in [0.1, 0.15) is 25.8 Å². The van der Waals surface area contributed by atoms with E-state index in [-0.39, 0.29) is 0 Å². The van der Waals surface area contributed by atoms with Crippen molar-refractivity contribution in [1.82, 2.24) is 4.72 Å². The molecule has 5 nitrogen and oxygen atoms in total. The van der Waals surface area contributed by atoms with Crippen molar-refractivity contribution < 1.29 is 31.1 Å². The van der Waals surface area contributed by atoms with E-state index in [2.05, 4.69) is 9.46 Å². The maximum Gasteiger partial charge on any atom is 0.417 e. The third-order valence-electron chi connectivity index (χ3n) is 3.50. The minimum atomic E-state index is -4.80. The molecule has 2 atom stereocenters. The molecular formula is C14H17ClF3NO4S. The number of nitrogens with one attached hydrogen (secondary N) is 1. The molecule has 0 spiro atoms. The summed E-state index contributed by atoms with van der Waals surface area (Å²) >= 11 is 5.47. The molecule has 0 amide bonds. The van der Waals surface area contributed by atoms with Gasteiger partial charge in [0.25, 0.3) is 0 Å². The van der Waals surface area contributed by atoms with Crippen LogP contribution in [0.2, 0.25) is 5.02 Å². The number of benzene rings is 1. The SMILES string of the molecule is CC[C@H](C)[C@@H](NS(=O)(=O)c1ccc(Cl)c(C(F)(F)F)c1)C(=O)OC. The Bertz CT molecular complexity index is 706. The Kier molecular flexibility index (Phi) is 6.66. The molecule has 0 unspecified atom stereocenters. The number of esters is 1. The van der Waals surface area contributed by atoms with Crippen molar-refractivity contribution in [1.29, 1.82) is 0 Å². The molecule has 1 rings (SSSR count). The van der Waals surface area contributed by atoms with Crippen molar-refractivity contribution >= 4 is 27.6 Å². The predicted molar refractivity (Wildman–Crippen MR) is 82.0 cm³/mol. The van der Waals surface area contributed by atoms with Crippen LogP contribution in [0, 0.1) is 5.92 Å². The maximum atomic E-state index is 12.9. The highest BCUT2D eigenvalue weighted by Crippen LogP contribution is 2.36. The first-order valence-corrected chi connectivity index (χ1v) is 8.77. The fourth-order valence-electron chi connectivity index (χ4n) is 1.88. The van der Waals surface area contributed by atoms with Crippen LogP contribution in [0.5, 0.6) is 0 Å². The van der Waals surface area contributed by atoms with Gasteiger partial charge >= 0.3 is 12.1 Å². The van der Waals surface area contributed by atoms with Crippen LogP contribution in [0.25, 0.3) is 0 Å². The molecule has 0 aliphatic rings. The number of methoxy groups -OCH3 is 1. The van der Waals surface area contributed by atoms with Gasteiger partial charge in [-0.15, -0.1) is 0 Å². The van der Waals surface area contributed by atoms with E-state index in [9.17, 15) is 26.4 Å². The van der Waals surface area contributed by atoms with Crippen LogP contribution < -0.4 is 4.72 Å². The number of rotatable bonds is 6. The van der Waals surface area contributed by atoms with E-state index in [0.717, 1.165) is 19.2 Å². The molecule has 1 aromatic rings. The van der Waals surface area contributed by atoms with Crippen LogP contribution in [0.4, 0.5) is 13.2 Å². The second-order valence-corrected chi connectivity index (χ2v) is 7.27. The molecule has 0 bridgehead atoms. The van der Waals surface area contributed by atoms with E-state index in [1.807, 2.05) is 0 Å². The number of hydrogen-bond donors (Lipinski definition) is 1. The number of halogens is 4. The van der Waals surface area contributed by atoms with Crippen LogP contribution >= 0.6 is 11.6 Å². The zero-order valence-electron chi connectivity index (χ0n) is 13.1. The molecule has 0 heterocycles. The standard InChI is InChI=1S/C14H17ClF3NO4S/c1-4-8(2)12(13(20)23-3)19-24(21,22)9-5-6-11(15)10(7-9)14(16,17)18/h5-8,12,19H,4H2,1-3H3/t8-,12+/m0/s1. The van der Waals surface area contributed by atoms with Gasteiger partial charge in [-0.3, -0.25) is 4.79 Å². The molecular weight excluding hydrogens is 371 g/mol. The van der Waals surface area contributed by atoms with Crippen molar-refractivity contribution in [3.8, 4) is 0 Å².